The maximum absolute atomic E-state index is 8.87. The molecule has 3 heteroatoms. The van der Waals surface area contributed by atoms with Crippen LogP contribution in [0.1, 0.15) is 26.2 Å². The van der Waals surface area contributed by atoms with Gasteiger partial charge in [-0.05, 0) is 38.9 Å². The molecular formula is C10H22N2O. The Morgan fingerprint density at radius 2 is 2.38 bits per heavy atom. The Hall–Kier alpha value is -0.120. The Balaban J connectivity index is 2.30. The van der Waals surface area contributed by atoms with E-state index in [1.54, 1.807) is 0 Å². The van der Waals surface area contributed by atoms with Crippen LogP contribution in [0.3, 0.4) is 0 Å². The van der Waals surface area contributed by atoms with Crippen LogP contribution in [0.2, 0.25) is 0 Å². The molecule has 0 aromatic heterocycles. The van der Waals surface area contributed by atoms with E-state index in [1.165, 1.54) is 25.9 Å². The Morgan fingerprint density at radius 1 is 1.54 bits per heavy atom. The predicted molar refractivity (Wildman–Crippen MR) is 54.8 cm³/mol. The number of nitrogens with one attached hydrogen (secondary N) is 1. The van der Waals surface area contributed by atoms with Crippen molar-refractivity contribution in [1.29, 1.82) is 0 Å². The molecule has 1 aliphatic heterocycles. The molecule has 3 nitrogen and oxygen atoms in total. The Bertz CT molecular complexity index is 116. The summed E-state index contributed by atoms with van der Waals surface area (Å²) in [6.45, 7) is 7.14. The molecule has 0 radical (unpaired) electrons. The molecule has 2 N–H and O–H groups in total. The molecule has 0 aromatic rings. The fourth-order valence-electron chi connectivity index (χ4n) is 1.94. The minimum atomic E-state index is 0.303. The molecule has 1 saturated heterocycles. The highest BCUT2D eigenvalue weighted by Gasteiger charge is 2.15. The lowest BCUT2D eigenvalue weighted by molar-refractivity contribution is 0.227. The van der Waals surface area contributed by atoms with Crippen LogP contribution in [0.15, 0.2) is 0 Å². The van der Waals surface area contributed by atoms with Crippen molar-refractivity contribution in [1.82, 2.24) is 10.2 Å². The van der Waals surface area contributed by atoms with Crippen molar-refractivity contribution in [3.63, 3.8) is 0 Å². The van der Waals surface area contributed by atoms with Gasteiger partial charge in [0, 0.05) is 19.2 Å². The van der Waals surface area contributed by atoms with Crippen LogP contribution in [0.25, 0.3) is 0 Å². The first kappa shape index (κ1) is 11.0. The first-order valence-corrected chi connectivity index (χ1v) is 5.43. The van der Waals surface area contributed by atoms with E-state index in [9.17, 15) is 0 Å². The maximum Gasteiger partial charge on any atom is 0.0446 e. The van der Waals surface area contributed by atoms with E-state index in [-0.39, 0.29) is 0 Å². The van der Waals surface area contributed by atoms with Gasteiger partial charge in [-0.3, -0.25) is 0 Å². The van der Waals surface area contributed by atoms with Crippen LogP contribution >= 0.6 is 0 Å². The van der Waals surface area contributed by atoms with Gasteiger partial charge in [0.2, 0.25) is 0 Å². The largest absolute Gasteiger partial charge is 0.396 e. The monoisotopic (exact) mass is 186 g/mol. The third-order valence-electron chi connectivity index (χ3n) is 2.58. The van der Waals surface area contributed by atoms with Gasteiger partial charge in [-0.1, -0.05) is 6.92 Å². The van der Waals surface area contributed by atoms with Gasteiger partial charge in [0.25, 0.3) is 0 Å². The van der Waals surface area contributed by atoms with Crippen LogP contribution in [0.4, 0.5) is 0 Å². The first-order chi connectivity index (χ1) is 6.36. The summed E-state index contributed by atoms with van der Waals surface area (Å²) in [6, 6.07) is 0.499. The van der Waals surface area contributed by atoms with Gasteiger partial charge >= 0.3 is 0 Å². The number of hydrogen-bond acceptors (Lipinski definition) is 3. The molecule has 0 spiro atoms. The zero-order chi connectivity index (χ0) is 9.52. The van der Waals surface area contributed by atoms with Crippen LogP contribution in [0, 0.1) is 0 Å². The molecular weight excluding hydrogens is 164 g/mol. The third kappa shape index (κ3) is 4.07. The number of rotatable bonds is 4. The molecule has 0 aliphatic carbocycles. The fourth-order valence-corrected chi connectivity index (χ4v) is 1.94. The van der Waals surface area contributed by atoms with Gasteiger partial charge in [0.1, 0.15) is 0 Å². The first-order valence-electron chi connectivity index (χ1n) is 5.43. The van der Waals surface area contributed by atoms with E-state index in [4.69, 9.17) is 5.11 Å². The lowest BCUT2D eigenvalue weighted by atomic mass is 10.2. The van der Waals surface area contributed by atoms with Crippen molar-refractivity contribution in [2.45, 2.75) is 32.2 Å². The topological polar surface area (TPSA) is 35.5 Å². The normalized spacial score (nSPS) is 25.8. The number of nitrogens with zero attached hydrogens (tertiary/aromatic N) is 1. The summed E-state index contributed by atoms with van der Waals surface area (Å²) >= 11 is 0. The van der Waals surface area contributed by atoms with Gasteiger partial charge in [0.15, 0.2) is 0 Å². The Kier molecular flexibility index (Phi) is 5.35. The second-order valence-corrected chi connectivity index (χ2v) is 3.82. The fraction of sp³-hybridized carbons (Fsp3) is 1.00. The average molecular weight is 186 g/mol. The molecule has 1 atom stereocenters. The molecule has 78 valence electrons. The highest BCUT2D eigenvalue weighted by atomic mass is 16.3. The summed E-state index contributed by atoms with van der Waals surface area (Å²) < 4.78 is 0. The van der Waals surface area contributed by atoms with E-state index in [0.717, 1.165) is 19.5 Å². The molecule has 0 bridgehead atoms. The van der Waals surface area contributed by atoms with E-state index < -0.39 is 0 Å². The quantitative estimate of drug-likeness (QED) is 0.669. The highest BCUT2D eigenvalue weighted by molar-refractivity contribution is 4.75. The lowest BCUT2D eigenvalue weighted by Crippen LogP contribution is -2.38. The summed E-state index contributed by atoms with van der Waals surface area (Å²) in [7, 11) is 0. The zero-order valence-electron chi connectivity index (χ0n) is 8.63. The molecule has 1 heterocycles. The van der Waals surface area contributed by atoms with Gasteiger partial charge < -0.3 is 15.3 Å². The van der Waals surface area contributed by atoms with Crippen molar-refractivity contribution in [2.24, 2.45) is 0 Å². The Morgan fingerprint density at radius 3 is 3.08 bits per heavy atom. The van der Waals surface area contributed by atoms with Crippen LogP contribution in [0.5, 0.6) is 0 Å². The molecule has 0 saturated carbocycles. The summed E-state index contributed by atoms with van der Waals surface area (Å²) in [5.41, 5.74) is 0. The summed E-state index contributed by atoms with van der Waals surface area (Å²) in [5.74, 6) is 0. The minimum Gasteiger partial charge on any atom is -0.396 e. The van der Waals surface area contributed by atoms with Crippen molar-refractivity contribution >= 4 is 0 Å². The predicted octanol–water partition coefficient (Wildman–Crippen LogP) is 0.443. The van der Waals surface area contributed by atoms with Gasteiger partial charge in [-0.15, -0.1) is 0 Å². The summed E-state index contributed by atoms with van der Waals surface area (Å²) in [4.78, 5) is 2.50. The van der Waals surface area contributed by atoms with Crippen LogP contribution in [-0.2, 0) is 0 Å². The van der Waals surface area contributed by atoms with E-state index in [2.05, 4.69) is 17.1 Å². The molecule has 13 heavy (non-hydrogen) atoms. The van der Waals surface area contributed by atoms with Crippen LogP contribution in [-0.4, -0.2) is 48.8 Å². The smallest absolute Gasteiger partial charge is 0.0446 e. The van der Waals surface area contributed by atoms with Crippen molar-refractivity contribution in [3.8, 4) is 0 Å². The highest BCUT2D eigenvalue weighted by Crippen LogP contribution is 2.03. The van der Waals surface area contributed by atoms with Crippen molar-refractivity contribution in [2.75, 3.05) is 32.8 Å². The van der Waals surface area contributed by atoms with Gasteiger partial charge in [0.05, 0.1) is 0 Å². The Labute approximate surface area is 81.1 Å². The molecule has 0 amide bonds. The lowest BCUT2D eigenvalue weighted by Gasteiger charge is -2.23. The number of hydrogen-bond donors (Lipinski definition) is 2. The minimum absolute atomic E-state index is 0.303. The van der Waals surface area contributed by atoms with Gasteiger partial charge in [-0.25, -0.2) is 0 Å². The SMILES string of the molecule is CCCN1CCCNC(CCO)C1. The second kappa shape index (κ2) is 6.35. The number of aliphatic hydroxyl groups is 1. The average Bonchev–Trinajstić information content (AvgIpc) is 2.32. The van der Waals surface area contributed by atoms with E-state index >= 15 is 0 Å². The van der Waals surface area contributed by atoms with E-state index in [1.807, 2.05) is 0 Å². The molecule has 1 fully saturated rings. The van der Waals surface area contributed by atoms with Crippen molar-refractivity contribution in [3.05, 3.63) is 0 Å². The van der Waals surface area contributed by atoms with E-state index in [0.29, 0.717) is 12.6 Å². The van der Waals surface area contributed by atoms with Gasteiger partial charge in [-0.2, -0.15) is 0 Å². The third-order valence-corrected chi connectivity index (χ3v) is 2.58. The van der Waals surface area contributed by atoms with Crippen LogP contribution < -0.4 is 5.32 Å². The molecule has 0 aromatic carbocycles. The molecule has 1 rings (SSSR count). The van der Waals surface area contributed by atoms with Crippen molar-refractivity contribution < 1.29 is 5.11 Å². The molecule has 1 unspecified atom stereocenters. The zero-order valence-corrected chi connectivity index (χ0v) is 8.63. The standard InChI is InChI=1S/C10H22N2O/c1-2-6-12-7-3-5-11-10(9-12)4-8-13/h10-11,13H,2-9H2,1H3. The maximum atomic E-state index is 8.87. The second-order valence-electron chi connectivity index (χ2n) is 3.82. The molecule has 1 aliphatic rings. The summed E-state index contributed by atoms with van der Waals surface area (Å²) in [5, 5.41) is 12.3. The summed E-state index contributed by atoms with van der Waals surface area (Å²) in [6.07, 6.45) is 3.36. The number of aliphatic hydroxyl groups excluding tert-OH is 1.